The predicted octanol–water partition coefficient (Wildman–Crippen LogP) is 3.11. The van der Waals surface area contributed by atoms with E-state index in [0.717, 1.165) is 5.56 Å². The van der Waals surface area contributed by atoms with E-state index in [-0.39, 0.29) is 0 Å². The molecule has 0 spiro atoms. The van der Waals surface area contributed by atoms with Crippen molar-refractivity contribution in [3.63, 3.8) is 0 Å². The molecule has 16 heavy (non-hydrogen) atoms. The first-order valence-corrected chi connectivity index (χ1v) is 8.59. The molecule has 0 radical (unpaired) electrons. The molecule has 1 atom stereocenters. The largest absolute Gasteiger partial charge is 0.496 e. The molecule has 0 saturated carbocycles. The number of nitrogens with zero attached hydrogens (tertiary/aromatic N) is 1. The van der Waals surface area contributed by atoms with Crippen LogP contribution in [-0.4, -0.2) is 15.4 Å². The van der Waals surface area contributed by atoms with Crippen LogP contribution >= 0.6 is 0 Å². The van der Waals surface area contributed by atoms with Crippen molar-refractivity contribution in [2.45, 2.75) is 25.7 Å². The van der Waals surface area contributed by atoms with Crippen molar-refractivity contribution in [2.75, 3.05) is 7.11 Å². The van der Waals surface area contributed by atoms with Crippen LogP contribution in [0.4, 0.5) is 0 Å². The summed E-state index contributed by atoms with van der Waals surface area (Å²) >= 11 is 0. The molecule has 86 valence electrons. The number of para-hydroxylation sites is 1. The highest BCUT2D eigenvalue weighted by atomic mass is 28.4. The minimum absolute atomic E-state index is 0.539. The van der Waals surface area contributed by atoms with Gasteiger partial charge in [-0.2, -0.15) is 5.26 Å². The summed E-state index contributed by atoms with van der Waals surface area (Å²) in [7, 11) is -0.139. The summed E-state index contributed by atoms with van der Waals surface area (Å²) < 4.78 is 11.0. The molecule has 0 N–H and O–H groups in total. The van der Waals surface area contributed by atoms with Gasteiger partial charge < -0.3 is 9.16 Å². The fourth-order valence-electron chi connectivity index (χ4n) is 1.40. The monoisotopic (exact) mass is 235 g/mol. The molecule has 0 unspecified atom stereocenters. The maximum atomic E-state index is 9.15. The fourth-order valence-corrected chi connectivity index (χ4v) is 2.28. The lowest BCUT2D eigenvalue weighted by Crippen LogP contribution is -2.27. The standard InChI is InChI=1S/C12H17NO2Si/c1-14-11-8-6-5-7-10(11)12(9-13)15-16(2,3)4/h5-8,12H,1-4H3/t12-/m1/s1. The van der Waals surface area contributed by atoms with Gasteiger partial charge in [-0.25, -0.2) is 0 Å². The van der Waals surface area contributed by atoms with Gasteiger partial charge in [0.2, 0.25) is 0 Å². The average molecular weight is 235 g/mol. The highest BCUT2D eigenvalue weighted by Crippen LogP contribution is 2.29. The summed E-state index contributed by atoms with van der Waals surface area (Å²) in [4.78, 5) is 0. The quantitative estimate of drug-likeness (QED) is 0.753. The van der Waals surface area contributed by atoms with E-state index in [9.17, 15) is 0 Å². The van der Waals surface area contributed by atoms with Crippen molar-refractivity contribution in [3.8, 4) is 11.8 Å². The van der Waals surface area contributed by atoms with Crippen LogP contribution in [0.25, 0.3) is 0 Å². The SMILES string of the molecule is COc1ccccc1[C@@H](C#N)O[Si](C)(C)C. The molecule has 0 aliphatic rings. The third kappa shape index (κ3) is 3.37. The summed E-state index contributed by atoms with van der Waals surface area (Å²) in [5, 5.41) is 9.15. The van der Waals surface area contributed by atoms with E-state index in [1.807, 2.05) is 24.3 Å². The van der Waals surface area contributed by atoms with Crippen LogP contribution in [0.2, 0.25) is 19.6 Å². The molecule has 4 heteroatoms. The predicted molar refractivity (Wildman–Crippen MR) is 65.8 cm³/mol. The van der Waals surface area contributed by atoms with E-state index in [2.05, 4.69) is 25.7 Å². The Balaban J connectivity index is 3.01. The lowest BCUT2D eigenvalue weighted by molar-refractivity contribution is 0.248. The molecule has 0 aliphatic carbocycles. The Kier molecular flexibility index (Phi) is 4.10. The van der Waals surface area contributed by atoms with E-state index in [1.165, 1.54) is 0 Å². The molecule has 1 rings (SSSR count). The lowest BCUT2D eigenvalue weighted by Gasteiger charge is -2.22. The Morgan fingerprint density at radius 1 is 1.25 bits per heavy atom. The Bertz CT molecular complexity index is 393. The van der Waals surface area contributed by atoms with E-state index in [0.29, 0.717) is 5.75 Å². The molecule has 0 amide bonds. The summed E-state index contributed by atoms with van der Waals surface area (Å²) in [6, 6.07) is 9.66. The molecular formula is C12H17NO2Si. The van der Waals surface area contributed by atoms with Crippen molar-refractivity contribution >= 4 is 8.32 Å². The smallest absolute Gasteiger partial charge is 0.186 e. The van der Waals surface area contributed by atoms with Gasteiger partial charge in [-0.15, -0.1) is 0 Å². The fraction of sp³-hybridized carbons (Fsp3) is 0.417. The minimum Gasteiger partial charge on any atom is -0.496 e. The van der Waals surface area contributed by atoms with Gasteiger partial charge >= 0.3 is 0 Å². The summed E-state index contributed by atoms with van der Waals surface area (Å²) in [5.41, 5.74) is 0.801. The van der Waals surface area contributed by atoms with Crippen LogP contribution in [0.15, 0.2) is 24.3 Å². The van der Waals surface area contributed by atoms with Crippen LogP contribution in [-0.2, 0) is 4.43 Å². The molecule has 0 heterocycles. The molecule has 1 aromatic carbocycles. The first-order valence-electron chi connectivity index (χ1n) is 5.18. The summed E-state index contributed by atoms with van der Waals surface area (Å²) in [6.45, 7) is 6.19. The average Bonchev–Trinajstić information content (AvgIpc) is 2.24. The molecule has 0 fully saturated rings. The Hall–Kier alpha value is -1.31. The van der Waals surface area contributed by atoms with Gasteiger partial charge in [-0.05, 0) is 25.7 Å². The molecule has 0 aliphatic heterocycles. The summed E-state index contributed by atoms with van der Waals surface area (Å²) in [5.74, 6) is 0.701. The van der Waals surface area contributed by atoms with Crippen LogP contribution < -0.4 is 4.74 Å². The zero-order chi connectivity index (χ0) is 12.2. The van der Waals surface area contributed by atoms with Gasteiger partial charge in [0.1, 0.15) is 5.75 Å². The Morgan fingerprint density at radius 2 is 1.88 bits per heavy atom. The third-order valence-corrected chi connectivity index (χ3v) is 2.95. The number of nitriles is 1. The van der Waals surface area contributed by atoms with E-state index >= 15 is 0 Å². The maximum Gasteiger partial charge on any atom is 0.186 e. The van der Waals surface area contributed by atoms with Gasteiger partial charge in [0, 0.05) is 5.56 Å². The number of rotatable bonds is 4. The van der Waals surface area contributed by atoms with Crippen LogP contribution in [0, 0.1) is 11.3 Å². The first-order chi connectivity index (χ1) is 7.48. The van der Waals surface area contributed by atoms with Crippen molar-refractivity contribution < 1.29 is 9.16 Å². The van der Waals surface area contributed by atoms with Gasteiger partial charge in [0.05, 0.1) is 13.2 Å². The second kappa shape index (κ2) is 5.15. The molecule has 1 aromatic rings. The molecule has 0 aromatic heterocycles. The Morgan fingerprint density at radius 3 is 2.38 bits per heavy atom. The van der Waals surface area contributed by atoms with Gasteiger partial charge in [0.15, 0.2) is 14.4 Å². The molecule has 0 bridgehead atoms. The van der Waals surface area contributed by atoms with Gasteiger partial charge in [0.25, 0.3) is 0 Å². The number of hydrogen-bond acceptors (Lipinski definition) is 3. The second-order valence-corrected chi connectivity index (χ2v) is 8.94. The highest BCUT2D eigenvalue weighted by Gasteiger charge is 2.24. The topological polar surface area (TPSA) is 42.2 Å². The number of hydrogen-bond donors (Lipinski definition) is 0. The molecule has 3 nitrogen and oxygen atoms in total. The zero-order valence-corrected chi connectivity index (χ0v) is 11.2. The number of benzene rings is 1. The van der Waals surface area contributed by atoms with Gasteiger partial charge in [-0.3, -0.25) is 0 Å². The normalized spacial score (nSPS) is 12.9. The maximum absolute atomic E-state index is 9.15. The number of methoxy groups -OCH3 is 1. The van der Waals surface area contributed by atoms with Crippen LogP contribution in [0.5, 0.6) is 5.75 Å². The second-order valence-electron chi connectivity index (χ2n) is 4.48. The first kappa shape index (κ1) is 12.8. The lowest BCUT2D eigenvalue weighted by atomic mass is 10.1. The van der Waals surface area contributed by atoms with Crippen LogP contribution in [0.3, 0.4) is 0 Å². The Labute approximate surface area is 97.7 Å². The van der Waals surface area contributed by atoms with Crippen molar-refractivity contribution in [1.29, 1.82) is 5.26 Å². The van der Waals surface area contributed by atoms with E-state index in [4.69, 9.17) is 14.4 Å². The van der Waals surface area contributed by atoms with Gasteiger partial charge in [-0.1, -0.05) is 18.2 Å². The van der Waals surface area contributed by atoms with Crippen molar-refractivity contribution in [1.82, 2.24) is 0 Å². The highest BCUT2D eigenvalue weighted by molar-refractivity contribution is 6.69. The number of ether oxygens (including phenoxy) is 1. The molecule has 0 saturated heterocycles. The van der Waals surface area contributed by atoms with E-state index < -0.39 is 14.4 Å². The van der Waals surface area contributed by atoms with Crippen molar-refractivity contribution in [3.05, 3.63) is 29.8 Å². The minimum atomic E-state index is -1.74. The summed E-state index contributed by atoms with van der Waals surface area (Å²) in [6.07, 6.45) is -0.539. The third-order valence-electron chi connectivity index (χ3n) is 2.01. The van der Waals surface area contributed by atoms with E-state index in [1.54, 1.807) is 7.11 Å². The molecular weight excluding hydrogens is 218 g/mol. The zero-order valence-electron chi connectivity index (χ0n) is 10.2. The van der Waals surface area contributed by atoms with Crippen molar-refractivity contribution in [2.24, 2.45) is 0 Å². The van der Waals surface area contributed by atoms with Crippen LogP contribution in [0.1, 0.15) is 11.7 Å².